The van der Waals surface area contributed by atoms with E-state index in [4.69, 9.17) is 5.73 Å². The van der Waals surface area contributed by atoms with Crippen LogP contribution in [0.1, 0.15) is 30.9 Å². The van der Waals surface area contributed by atoms with Crippen LogP contribution in [0.4, 0.5) is 0 Å². The lowest BCUT2D eigenvalue weighted by Gasteiger charge is -2.31. The van der Waals surface area contributed by atoms with Crippen LogP contribution in [0.15, 0.2) is 48.0 Å². The summed E-state index contributed by atoms with van der Waals surface area (Å²) < 4.78 is 2.06. The molecule has 5 heteroatoms. The molecule has 23 heavy (non-hydrogen) atoms. The Balaban J connectivity index is 1.60. The first kappa shape index (κ1) is 15.6. The molecule has 2 aromatic rings. The van der Waals surface area contributed by atoms with Crippen LogP contribution in [0.25, 0.3) is 0 Å². The normalized spacial score (nSPS) is 16.7. The lowest BCUT2D eigenvalue weighted by molar-refractivity contribution is 0.277. The number of likely N-dealkylation sites (tertiary alicyclic amines) is 1. The Morgan fingerprint density at radius 2 is 2.09 bits per heavy atom. The molecule has 0 aliphatic carbocycles. The topological polar surface area (TPSA) is 59.4 Å². The predicted molar refractivity (Wildman–Crippen MR) is 93.1 cm³/mol. The van der Waals surface area contributed by atoms with Crippen molar-refractivity contribution in [3.63, 3.8) is 0 Å². The maximum Gasteiger partial charge on any atom is 0.191 e. The number of benzene rings is 1. The van der Waals surface area contributed by atoms with Gasteiger partial charge in [0.25, 0.3) is 0 Å². The van der Waals surface area contributed by atoms with Crippen LogP contribution in [-0.2, 0) is 13.1 Å². The number of nitrogens with zero attached hydrogens (tertiary/aromatic N) is 4. The maximum atomic E-state index is 6.15. The minimum Gasteiger partial charge on any atom is -0.370 e. The fraction of sp³-hybridized carbons (Fsp3) is 0.444. The first-order valence-corrected chi connectivity index (χ1v) is 8.29. The third kappa shape index (κ3) is 4.34. The number of rotatable bonds is 4. The van der Waals surface area contributed by atoms with Crippen molar-refractivity contribution < 1.29 is 0 Å². The van der Waals surface area contributed by atoms with Gasteiger partial charge in [0.15, 0.2) is 5.96 Å². The molecule has 1 aromatic carbocycles. The van der Waals surface area contributed by atoms with Crippen molar-refractivity contribution in [2.75, 3.05) is 13.1 Å². The van der Waals surface area contributed by atoms with Gasteiger partial charge in [0.05, 0.1) is 12.9 Å². The Morgan fingerprint density at radius 3 is 2.83 bits per heavy atom. The van der Waals surface area contributed by atoms with Gasteiger partial charge in [0.1, 0.15) is 0 Å². The Bertz CT molecular complexity index is 639. The fourth-order valence-corrected chi connectivity index (χ4v) is 2.93. The van der Waals surface area contributed by atoms with Gasteiger partial charge in [-0.25, -0.2) is 9.98 Å². The fourth-order valence-electron chi connectivity index (χ4n) is 2.93. The summed E-state index contributed by atoms with van der Waals surface area (Å²) in [6.07, 6.45) is 8.02. The number of aliphatic imine (C=N–C) groups is 1. The van der Waals surface area contributed by atoms with Crippen molar-refractivity contribution in [3.8, 4) is 0 Å². The molecular weight excluding hydrogens is 286 g/mol. The summed E-state index contributed by atoms with van der Waals surface area (Å²) in [5, 5.41) is 0. The molecule has 122 valence electrons. The quantitative estimate of drug-likeness (QED) is 0.697. The van der Waals surface area contributed by atoms with Gasteiger partial charge in [-0.1, -0.05) is 31.2 Å². The van der Waals surface area contributed by atoms with Gasteiger partial charge in [-0.2, -0.15) is 0 Å². The average molecular weight is 311 g/mol. The van der Waals surface area contributed by atoms with Crippen LogP contribution in [0.3, 0.4) is 0 Å². The molecule has 0 amide bonds. The lowest BCUT2D eigenvalue weighted by Crippen LogP contribution is -2.42. The smallest absolute Gasteiger partial charge is 0.191 e. The SMILES string of the molecule is CC1CCN(C(N)=NCc2cccc(Cn3ccnc3)c2)CC1. The van der Waals surface area contributed by atoms with E-state index in [1.807, 2.05) is 12.5 Å². The molecule has 0 unspecified atom stereocenters. The zero-order valence-corrected chi connectivity index (χ0v) is 13.7. The van der Waals surface area contributed by atoms with Crippen molar-refractivity contribution in [3.05, 3.63) is 54.1 Å². The molecule has 3 rings (SSSR count). The molecular formula is C18H25N5. The van der Waals surface area contributed by atoms with Crippen LogP contribution in [0, 0.1) is 5.92 Å². The highest BCUT2D eigenvalue weighted by Gasteiger charge is 2.16. The van der Waals surface area contributed by atoms with E-state index in [0.29, 0.717) is 12.5 Å². The molecule has 1 fully saturated rings. The minimum atomic E-state index is 0.635. The zero-order valence-electron chi connectivity index (χ0n) is 13.7. The van der Waals surface area contributed by atoms with Crippen molar-refractivity contribution in [2.45, 2.75) is 32.9 Å². The zero-order chi connectivity index (χ0) is 16.1. The second kappa shape index (κ2) is 7.31. The van der Waals surface area contributed by atoms with Gasteiger partial charge in [-0.3, -0.25) is 0 Å². The van der Waals surface area contributed by atoms with Crippen molar-refractivity contribution in [1.82, 2.24) is 14.5 Å². The van der Waals surface area contributed by atoms with Gasteiger partial charge < -0.3 is 15.2 Å². The molecule has 1 aromatic heterocycles. The monoisotopic (exact) mass is 311 g/mol. The molecule has 1 aliphatic heterocycles. The molecule has 0 bridgehead atoms. The standard InChI is InChI=1S/C18H25N5/c1-15-5-8-23(9-6-15)18(19)21-12-16-3-2-4-17(11-16)13-22-10-7-20-14-22/h2-4,7,10-11,14-15H,5-6,8-9,12-13H2,1H3,(H2,19,21). The first-order valence-electron chi connectivity index (χ1n) is 8.29. The minimum absolute atomic E-state index is 0.635. The lowest BCUT2D eigenvalue weighted by atomic mass is 10.00. The second-order valence-electron chi connectivity index (χ2n) is 6.40. The van der Waals surface area contributed by atoms with Gasteiger partial charge in [0, 0.05) is 32.0 Å². The summed E-state index contributed by atoms with van der Waals surface area (Å²) in [5.41, 5.74) is 8.59. The van der Waals surface area contributed by atoms with Gasteiger partial charge in [0.2, 0.25) is 0 Å². The van der Waals surface area contributed by atoms with E-state index in [1.54, 1.807) is 6.20 Å². The van der Waals surface area contributed by atoms with Gasteiger partial charge >= 0.3 is 0 Å². The Kier molecular flexibility index (Phi) is 4.95. The molecule has 0 spiro atoms. The van der Waals surface area contributed by atoms with Crippen LogP contribution in [0.2, 0.25) is 0 Å². The van der Waals surface area contributed by atoms with Crippen molar-refractivity contribution >= 4 is 5.96 Å². The van der Waals surface area contributed by atoms with Gasteiger partial charge in [-0.15, -0.1) is 0 Å². The Hall–Kier alpha value is -2.30. The predicted octanol–water partition coefficient (Wildman–Crippen LogP) is 2.48. The molecule has 1 aliphatic rings. The van der Waals surface area contributed by atoms with E-state index in [9.17, 15) is 0 Å². The summed E-state index contributed by atoms with van der Waals surface area (Å²) >= 11 is 0. The number of piperidine rings is 1. The van der Waals surface area contributed by atoms with E-state index in [-0.39, 0.29) is 0 Å². The highest BCUT2D eigenvalue weighted by atomic mass is 15.3. The Labute approximate surface area is 137 Å². The molecule has 1 saturated heterocycles. The van der Waals surface area contributed by atoms with Crippen LogP contribution < -0.4 is 5.73 Å². The van der Waals surface area contributed by atoms with Crippen molar-refractivity contribution in [2.24, 2.45) is 16.6 Å². The first-order chi connectivity index (χ1) is 11.2. The average Bonchev–Trinajstić information content (AvgIpc) is 3.07. The summed E-state index contributed by atoms with van der Waals surface area (Å²) in [4.78, 5) is 10.9. The molecule has 0 radical (unpaired) electrons. The van der Waals surface area contributed by atoms with E-state index < -0.39 is 0 Å². The molecule has 2 N–H and O–H groups in total. The van der Waals surface area contributed by atoms with Crippen LogP contribution >= 0.6 is 0 Å². The number of hydrogen-bond acceptors (Lipinski definition) is 2. The van der Waals surface area contributed by atoms with Crippen molar-refractivity contribution in [1.29, 1.82) is 0 Å². The summed E-state index contributed by atoms with van der Waals surface area (Å²) in [7, 11) is 0. The van der Waals surface area contributed by atoms with E-state index in [2.05, 4.69) is 50.6 Å². The third-order valence-electron chi connectivity index (χ3n) is 4.45. The summed E-state index contributed by atoms with van der Waals surface area (Å²) in [6.45, 7) is 5.82. The van der Waals surface area contributed by atoms with E-state index in [0.717, 1.165) is 25.6 Å². The summed E-state index contributed by atoms with van der Waals surface area (Å²) in [5.74, 6) is 1.48. The van der Waals surface area contributed by atoms with E-state index >= 15 is 0 Å². The molecule has 2 heterocycles. The highest BCUT2D eigenvalue weighted by molar-refractivity contribution is 5.78. The summed E-state index contributed by atoms with van der Waals surface area (Å²) in [6, 6.07) is 8.50. The second-order valence-corrected chi connectivity index (χ2v) is 6.40. The molecule has 5 nitrogen and oxygen atoms in total. The molecule has 0 saturated carbocycles. The number of aromatic nitrogens is 2. The van der Waals surface area contributed by atoms with Gasteiger partial charge in [-0.05, 0) is 29.9 Å². The van der Waals surface area contributed by atoms with Crippen LogP contribution in [-0.4, -0.2) is 33.5 Å². The highest BCUT2D eigenvalue weighted by Crippen LogP contribution is 2.16. The van der Waals surface area contributed by atoms with Crippen LogP contribution in [0.5, 0.6) is 0 Å². The molecule has 0 atom stereocenters. The van der Waals surface area contributed by atoms with E-state index in [1.165, 1.54) is 24.0 Å². The number of hydrogen-bond donors (Lipinski definition) is 1. The number of imidazole rings is 1. The largest absolute Gasteiger partial charge is 0.370 e. The maximum absolute atomic E-state index is 6.15. The third-order valence-corrected chi connectivity index (χ3v) is 4.45. The Morgan fingerprint density at radius 1 is 1.30 bits per heavy atom. The number of nitrogens with two attached hydrogens (primary N) is 1. The number of guanidine groups is 1.